The Hall–Kier alpha value is -1.85. The Balaban J connectivity index is 2.01. The van der Waals surface area contributed by atoms with Crippen LogP contribution in [0.2, 0.25) is 0 Å². The Morgan fingerprint density at radius 3 is 2.78 bits per heavy atom. The minimum atomic E-state index is -0.0555. The first-order valence-electron chi connectivity index (χ1n) is 6.17. The molecule has 1 fully saturated rings. The van der Waals surface area contributed by atoms with E-state index in [1.807, 2.05) is 0 Å². The van der Waals surface area contributed by atoms with E-state index in [-0.39, 0.29) is 11.9 Å². The van der Waals surface area contributed by atoms with E-state index < -0.39 is 0 Å². The molecular weight excluding hydrogens is 232 g/mol. The zero-order valence-electron chi connectivity index (χ0n) is 10.4. The number of amidine groups is 1. The van der Waals surface area contributed by atoms with Crippen molar-refractivity contribution in [3.63, 3.8) is 0 Å². The van der Waals surface area contributed by atoms with Gasteiger partial charge in [-0.25, -0.2) is 9.97 Å². The number of nitrogens with zero attached hydrogens (tertiary/aromatic N) is 3. The second-order valence-electron chi connectivity index (χ2n) is 4.64. The van der Waals surface area contributed by atoms with Gasteiger partial charge in [-0.05, 0) is 25.2 Å². The normalized spacial score (nSPS) is 24.8. The highest BCUT2D eigenvalue weighted by Crippen LogP contribution is 2.26. The largest absolute Gasteiger partial charge is 0.473 e. The molecule has 1 aliphatic carbocycles. The van der Waals surface area contributed by atoms with Crippen LogP contribution in [0.4, 0.5) is 0 Å². The third-order valence-electron chi connectivity index (χ3n) is 3.30. The lowest BCUT2D eigenvalue weighted by molar-refractivity contribution is 0.0971. The molecule has 1 aromatic heterocycles. The Labute approximate surface area is 106 Å². The summed E-state index contributed by atoms with van der Waals surface area (Å²) in [4.78, 5) is 8.16. The molecule has 2 unspecified atom stereocenters. The molecule has 0 aliphatic heterocycles. The highest BCUT2D eigenvalue weighted by atomic mass is 16.5. The van der Waals surface area contributed by atoms with Crippen LogP contribution in [0, 0.1) is 5.92 Å². The van der Waals surface area contributed by atoms with Gasteiger partial charge in [0.25, 0.3) is 0 Å². The lowest BCUT2D eigenvalue weighted by Crippen LogP contribution is -2.28. The summed E-state index contributed by atoms with van der Waals surface area (Å²) in [5.41, 5.74) is 5.74. The van der Waals surface area contributed by atoms with Crippen LogP contribution in [0.1, 0.15) is 38.3 Å². The number of nitrogens with two attached hydrogens (primary N) is 1. The Morgan fingerprint density at radius 2 is 2.17 bits per heavy atom. The Bertz CT molecular complexity index is 419. The third-order valence-corrected chi connectivity index (χ3v) is 3.30. The van der Waals surface area contributed by atoms with Crippen LogP contribution in [0.3, 0.4) is 0 Å². The van der Waals surface area contributed by atoms with Crippen LogP contribution < -0.4 is 10.5 Å². The number of hydrogen-bond acceptors (Lipinski definition) is 5. The minimum absolute atomic E-state index is 0.0555. The van der Waals surface area contributed by atoms with Gasteiger partial charge in [0.05, 0.1) is 12.4 Å². The molecule has 0 spiro atoms. The average Bonchev–Trinajstić information content (AvgIpc) is 2.41. The molecule has 0 bridgehead atoms. The van der Waals surface area contributed by atoms with Crippen molar-refractivity contribution in [2.45, 2.75) is 38.7 Å². The molecule has 1 saturated carbocycles. The van der Waals surface area contributed by atoms with Gasteiger partial charge in [-0.1, -0.05) is 18.5 Å². The monoisotopic (exact) mass is 250 g/mol. The highest BCUT2D eigenvalue weighted by molar-refractivity contribution is 5.94. The van der Waals surface area contributed by atoms with E-state index >= 15 is 0 Å². The van der Waals surface area contributed by atoms with Crippen molar-refractivity contribution in [1.29, 1.82) is 0 Å². The van der Waals surface area contributed by atoms with Crippen LogP contribution in [0.25, 0.3) is 0 Å². The topological polar surface area (TPSA) is 93.6 Å². The van der Waals surface area contributed by atoms with Gasteiger partial charge in [0.1, 0.15) is 11.8 Å². The Morgan fingerprint density at radius 1 is 1.39 bits per heavy atom. The summed E-state index contributed by atoms with van der Waals surface area (Å²) in [5.74, 6) is 0.979. The summed E-state index contributed by atoms with van der Waals surface area (Å²) in [6.07, 6.45) is 7.89. The fourth-order valence-corrected chi connectivity index (χ4v) is 2.17. The van der Waals surface area contributed by atoms with E-state index in [1.165, 1.54) is 31.7 Å². The smallest absolute Gasteiger partial charge is 0.232 e. The van der Waals surface area contributed by atoms with E-state index in [0.717, 1.165) is 6.42 Å². The summed E-state index contributed by atoms with van der Waals surface area (Å²) < 4.78 is 5.82. The first-order chi connectivity index (χ1) is 8.70. The molecule has 1 aromatic rings. The van der Waals surface area contributed by atoms with Gasteiger partial charge in [0, 0.05) is 0 Å². The number of oxime groups is 1. The highest BCUT2D eigenvalue weighted by Gasteiger charge is 2.23. The maximum absolute atomic E-state index is 8.52. The van der Waals surface area contributed by atoms with Crippen LogP contribution in [-0.2, 0) is 0 Å². The molecule has 2 rings (SSSR count). The summed E-state index contributed by atoms with van der Waals surface area (Å²) in [5, 5.41) is 11.4. The second kappa shape index (κ2) is 5.66. The quantitative estimate of drug-likeness (QED) is 0.367. The summed E-state index contributed by atoms with van der Waals surface area (Å²) >= 11 is 0. The molecule has 2 atom stereocenters. The van der Waals surface area contributed by atoms with Gasteiger partial charge < -0.3 is 15.7 Å². The molecule has 6 heteroatoms. The molecular formula is C12H18N4O2. The van der Waals surface area contributed by atoms with E-state index in [1.54, 1.807) is 0 Å². The number of hydrogen-bond donors (Lipinski definition) is 2. The van der Waals surface area contributed by atoms with Crippen LogP contribution >= 0.6 is 0 Å². The van der Waals surface area contributed by atoms with Gasteiger partial charge in [-0.3, -0.25) is 0 Å². The maximum atomic E-state index is 8.52. The predicted octanol–water partition coefficient (Wildman–Crippen LogP) is 1.53. The first-order valence-corrected chi connectivity index (χ1v) is 6.17. The van der Waals surface area contributed by atoms with Crippen molar-refractivity contribution in [3.8, 4) is 5.88 Å². The molecule has 0 aromatic carbocycles. The zero-order chi connectivity index (χ0) is 13.0. The maximum Gasteiger partial charge on any atom is 0.232 e. The summed E-state index contributed by atoms with van der Waals surface area (Å²) in [6.45, 7) is 2.20. The standard InChI is InChI=1S/C12H18N4O2/c1-8-4-2-3-5-10(8)18-11-7-14-9(6-15-11)12(13)16-17/h6-8,10,17H,2-5H2,1H3,(H2,13,16). The van der Waals surface area contributed by atoms with Crippen LogP contribution in [-0.4, -0.2) is 27.1 Å². The van der Waals surface area contributed by atoms with Crippen molar-refractivity contribution in [2.24, 2.45) is 16.8 Å². The predicted molar refractivity (Wildman–Crippen MR) is 66.6 cm³/mol. The molecule has 3 N–H and O–H groups in total. The number of rotatable bonds is 3. The fourth-order valence-electron chi connectivity index (χ4n) is 2.17. The van der Waals surface area contributed by atoms with Crippen molar-refractivity contribution in [1.82, 2.24) is 9.97 Å². The lowest BCUT2D eigenvalue weighted by Gasteiger charge is -2.28. The van der Waals surface area contributed by atoms with Gasteiger partial charge in [0.2, 0.25) is 5.88 Å². The van der Waals surface area contributed by atoms with E-state index in [9.17, 15) is 0 Å². The second-order valence-corrected chi connectivity index (χ2v) is 4.64. The number of ether oxygens (including phenoxy) is 1. The first kappa shape index (κ1) is 12.6. The average molecular weight is 250 g/mol. The Kier molecular flexibility index (Phi) is 3.96. The number of aromatic nitrogens is 2. The third kappa shape index (κ3) is 2.88. The van der Waals surface area contributed by atoms with Gasteiger partial charge in [-0.15, -0.1) is 0 Å². The van der Waals surface area contributed by atoms with Crippen LogP contribution in [0.5, 0.6) is 5.88 Å². The molecule has 1 heterocycles. The molecule has 0 saturated heterocycles. The van der Waals surface area contributed by atoms with E-state index in [0.29, 0.717) is 17.5 Å². The van der Waals surface area contributed by atoms with Gasteiger partial charge in [0.15, 0.2) is 5.84 Å². The summed E-state index contributed by atoms with van der Waals surface area (Å²) in [7, 11) is 0. The molecule has 1 aliphatic rings. The molecule has 0 amide bonds. The van der Waals surface area contributed by atoms with Crippen molar-refractivity contribution in [3.05, 3.63) is 18.1 Å². The fraction of sp³-hybridized carbons (Fsp3) is 0.583. The molecule has 98 valence electrons. The van der Waals surface area contributed by atoms with Crippen LogP contribution in [0.15, 0.2) is 17.5 Å². The molecule has 0 radical (unpaired) electrons. The molecule has 6 nitrogen and oxygen atoms in total. The lowest BCUT2D eigenvalue weighted by atomic mass is 9.88. The van der Waals surface area contributed by atoms with Gasteiger partial charge in [-0.2, -0.15) is 0 Å². The van der Waals surface area contributed by atoms with E-state index in [2.05, 4.69) is 22.0 Å². The summed E-state index contributed by atoms with van der Waals surface area (Å²) in [6, 6.07) is 0. The molecule has 18 heavy (non-hydrogen) atoms. The zero-order valence-corrected chi connectivity index (χ0v) is 10.4. The van der Waals surface area contributed by atoms with Crippen molar-refractivity contribution in [2.75, 3.05) is 0 Å². The van der Waals surface area contributed by atoms with Gasteiger partial charge >= 0.3 is 0 Å². The van der Waals surface area contributed by atoms with Crippen molar-refractivity contribution >= 4 is 5.84 Å². The SMILES string of the molecule is CC1CCCCC1Oc1cnc(C(N)=NO)cn1. The van der Waals surface area contributed by atoms with Crippen molar-refractivity contribution < 1.29 is 9.94 Å². The minimum Gasteiger partial charge on any atom is -0.473 e. The van der Waals surface area contributed by atoms with E-state index in [4.69, 9.17) is 15.7 Å².